The molecule has 0 aliphatic carbocycles. The molecule has 0 unspecified atom stereocenters. The van der Waals surface area contributed by atoms with E-state index in [9.17, 15) is 0 Å². The Morgan fingerprint density at radius 3 is 2.76 bits per heavy atom. The zero-order valence-electron chi connectivity index (χ0n) is 12.8. The highest BCUT2D eigenvalue weighted by atomic mass is 16.5. The third-order valence-electron chi connectivity index (χ3n) is 2.89. The van der Waals surface area contributed by atoms with E-state index in [0.717, 1.165) is 17.1 Å². The first kappa shape index (κ1) is 15.3. The van der Waals surface area contributed by atoms with E-state index in [2.05, 4.69) is 29.3 Å². The predicted octanol–water partition coefficient (Wildman–Crippen LogP) is 2.46. The SMILES string of the molecule is COc1ccc(OCc2noc(C)n2)c(CNC(C)C)c1. The maximum Gasteiger partial charge on any atom is 0.223 e. The minimum Gasteiger partial charge on any atom is -0.497 e. The lowest BCUT2D eigenvalue weighted by atomic mass is 10.1. The number of aromatic nitrogens is 2. The number of nitrogens with one attached hydrogen (secondary N) is 1. The van der Waals surface area contributed by atoms with E-state index in [4.69, 9.17) is 14.0 Å². The monoisotopic (exact) mass is 291 g/mol. The van der Waals surface area contributed by atoms with Gasteiger partial charge in [-0.1, -0.05) is 19.0 Å². The van der Waals surface area contributed by atoms with E-state index in [1.165, 1.54) is 0 Å². The predicted molar refractivity (Wildman–Crippen MR) is 78.3 cm³/mol. The molecule has 0 saturated carbocycles. The van der Waals surface area contributed by atoms with E-state index < -0.39 is 0 Å². The summed E-state index contributed by atoms with van der Waals surface area (Å²) in [7, 11) is 1.65. The maximum atomic E-state index is 5.79. The normalized spacial score (nSPS) is 10.9. The number of rotatable bonds is 7. The fourth-order valence-electron chi connectivity index (χ4n) is 1.82. The molecule has 1 aromatic carbocycles. The van der Waals surface area contributed by atoms with Crippen molar-refractivity contribution in [1.29, 1.82) is 0 Å². The molecule has 0 bridgehead atoms. The van der Waals surface area contributed by atoms with E-state index in [0.29, 0.717) is 24.3 Å². The van der Waals surface area contributed by atoms with Crippen LogP contribution in [-0.2, 0) is 13.2 Å². The zero-order valence-corrected chi connectivity index (χ0v) is 12.8. The van der Waals surface area contributed by atoms with Gasteiger partial charge in [0.25, 0.3) is 0 Å². The van der Waals surface area contributed by atoms with Crippen molar-refractivity contribution in [2.45, 2.75) is 40.0 Å². The quantitative estimate of drug-likeness (QED) is 0.845. The molecule has 1 heterocycles. The van der Waals surface area contributed by atoms with Crippen LogP contribution in [0.1, 0.15) is 31.1 Å². The van der Waals surface area contributed by atoms with Crippen molar-refractivity contribution in [3.05, 3.63) is 35.5 Å². The molecule has 2 aromatic rings. The second-order valence-electron chi connectivity index (χ2n) is 5.03. The standard InChI is InChI=1S/C15H21N3O3/c1-10(2)16-8-12-7-13(19-4)5-6-14(12)20-9-15-17-11(3)21-18-15/h5-7,10,16H,8-9H2,1-4H3. The van der Waals surface area contributed by atoms with Crippen LogP contribution in [0.3, 0.4) is 0 Å². The minimum absolute atomic E-state index is 0.276. The van der Waals surface area contributed by atoms with Crippen LogP contribution < -0.4 is 14.8 Å². The van der Waals surface area contributed by atoms with Gasteiger partial charge in [-0.2, -0.15) is 4.98 Å². The Morgan fingerprint density at radius 1 is 1.33 bits per heavy atom. The van der Waals surface area contributed by atoms with Crippen molar-refractivity contribution in [3.8, 4) is 11.5 Å². The Bertz CT molecular complexity index is 581. The lowest BCUT2D eigenvalue weighted by Gasteiger charge is -2.14. The van der Waals surface area contributed by atoms with Crippen LogP contribution in [0.2, 0.25) is 0 Å². The lowest BCUT2D eigenvalue weighted by Crippen LogP contribution is -2.22. The number of benzene rings is 1. The molecule has 2 rings (SSSR count). The highest BCUT2D eigenvalue weighted by molar-refractivity contribution is 5.40. The second-order valence-corrected chi connectivity index (χ2v) is 5.03. The van der Waals surface area contributed by atoms with E-state index >= 15 is 0 Å². The van der Waals surface area contributed by atoms with Crippen LogP contribution in [0.25, 0.3) is 0 Å². The Morgan fingerprint density at radius 2 is 2.14 bits per heavy atom. The summed E-state index contributed by atoms with van der Waals surface area (Å²) in [6, 6.07) is 6.12. The van der Waals surface area contributed by atoms with Crippen molar-refractivity contribution >= 4 is 0 Å². The number of hydrogen-bond acceptors (Lipinski definition) is 6. The van der Waals surface area contributed by atoms with Gasteiger partial charge in [-0.3, -0.25) is 0 Å². The summed E-state index contributed by atoms with van der Waals surface area (Å²) in [6.45, 7) is 6.93. The van der Waals surface area contributed by atoms with Gasteiger partial charge in [-0.15, -0.1) is 0 Å². The molecule has 21 heavy (non-hydrogen) atoms. The molecule has 6 nitrogen and oxygen atoms in total. The number of nitrogens with zero attached hydrogens (tertiary/aromatic N) is 2. The zero-order chi connectivity index (χ0) is 15.2. The average molecular weight is 291 g/mol. The van der Waals surface area contributed by atoms with Crippen LogP contribution in [0.15, 0.2) is 22.7 Å². The maximum absolute atomic E-state index is 5.79. The Kier molecular flexibility index (Phi) is 5.16. The van der Waals surface area contributed by atoms with Crippen LogP contribution in [0.5, 0.6) is 11.5 Å². The van der Waals surface area contributed by atoms with Gasteiger partial charge in [-0.05, 0) is 18.2 Å². The molecule has 6 heteroatoms. The Hall–Kier alpha value is -2.08. The van der Waals surface area contributed by atoms with Gasteiger partial charge in [-0.25, -0.2) is 0 Å². The topological polar surface area (TPSA) is 69.4 Å². The average Bonchev–Trinajstić information content (AvgIpc) is 2.88. The molecule has 114 valence electrons. The molecular formula is C15H21N3O3. The summed E-state index contributed by atoms with van der Waals surface area (Å²) in [6.07, 6.45) is 0. The summed E-state index contributed by atoms with van der Waals surface area (Å²) in [5, 5.41) is 7.19. The van der Waals surface area contributed by atoms with Crippen LogP contribution in [0.4, 0.5) is 0 Å². The van der Waals surface area contributed by atoms with Gasteiger partial charge < -0.3 is 19.3 Å². The molecule has 0 fully saturated rings. The van der Waals surface area contributed by atoms with Crippen molar-refractivity contribution in [3.63, 3.8) is 0 Å². The molecule has 0 saturated heterocycles. The van der Waals surface area contributed by atoms with Gasteiger partial charge in [0.15, 0.2) is 6.61 Å². The summed E-state index contributed by atoms with van der Waals surface area (Å²) >= 11 is 0. The first-order chi connectivity index (χ1) is 10.1. The summed E-state index contributed by atoms with van der Waals surface area (Å²) in [4.78, 5) is 4.12. The number of hydrogen-bond donors (Lipinski definition) is 1. The van der Waals surface area contributed by atoms with Crippen LogP contribution >= 0.6 is 0 Å². The molecule has 0 atom stereocenters. The molecule has 0 amide bonds. The molecule has 0 radical (unpaired) electrons. The molecular weight excluding hydrogens is 270 g/mol. The van der Waals surface area contributed by atoms with Crippen molar-refractivity contribution < 1.29 is 14.0 Å². The van der Waals surface area contributed by atoms with Crippen molar-refractivity contribution in [2.24, 2.45) is 0 Å². The van der Waals surface area contributed by atoms with Crippen molar-refractivity contribution in [1.82, 2.24) is 15.5 Å². The van der Waals surface area contributed by atoms with Crippen molar-refractivity contribution in [2.75, 3.05) is 7.11 Å². The van der Waals surface area contributed by atoms with Gasteiger partial charge in [0.2, 0.25) is 11.7 Å². The van der Waals surface area contributed by atoms with Crippen LogP contribution in [-0.4, -0.2) is 23.3 Å². The number of ether oxygens (including phenoxy) is 2. The van der Waals surface area contributed by atoms with E-state index in [1.807, 2.05) is 18.2 Å². The van der Waals surface area contributed by atoms with Gasteiger partial charge >= 0.3 is 0 Å². The third kappa shape index (κ3) is 4.46. The molecule has 0 aliphatic heterocycles. The van der Waals surface area contributed by atoms with Gasteiger partial charge in [0, 0.05) is 25.1 Å². The van der Waals surface area contributed by atoms with Gasteiger partial charge in [0.05, 0.1) is 7.11 Å². The fourth-order valence-corrected chi connectivity index (χ4v) is 1.82. The highest BCUT2D eigenvalue weighted by Crippen LogP contribution is 2.25. The van der Waals surface area contributed by atoms with E-state index in [1.54, 1.807) is 14.0 Å². The summed E-state index contributed by atoms with van der Waals surface area (Å²) in [5.41, 5.74) is 1.03. The highest BCUT2D eigenvalue weighted by Gasteiger charge is 2.09. The molecule has 0 aliphatic rings. The lowest BCUT2D eigenvalue weighted by molar-refractivity contribution is 0.281. The number of methoxy groups -OCH3 is 1. The Labute approximate surface area is 124 Å². The molecule has 1 N–H and O–H groups in total. The van der Waals surface area contributed by atoms with Gasteiger partial charge in [0.1, 0.15) is 11.5 Å². The third-order valence-corrected chi connectivity index (χ3v) is 2.89. The first-order valence-corrected chi connectivity index (χ1v) is 6.90. The first-order valence-electron chi connectivity index (χ1n) is 6.90. The smallest absolute Gasteiger partial charge is 0.223 e. The van der Waals surface area contributed by atoms with Crippen LogP contribution in [0, 0.1) is 6.92 Å². The Balaban J connectivity index is 2.09. The molecule has 1 aromatic heterocycles. The largest absolute Gasteiger partial charge is 0.497 e. The fraction of sp³-hybridized carbons (Fsp3) is 0.467. The number of aryl methyl sites for hydroxylation is 1. The molecule has 0 spiro atoms. The minimum atomic E-state index is 0.276. The summed E-state index contributed by atoms with van der Waals surface area (Å²) < 4.78 is 16.0. The second kappa shape index (κ2) is 7.08. The summed E-state index contributed by atoms with van der Waals surface area (Å²) in [5.74, 6) is 2.65. The van der Waals surface area contributed by atoms with E-state index in [-0.39, 0.29) is 6.61 Å².